The molecule has 92 valence electrons. The van der Waals surface area contributed by atoms with E-state index in [2.05, 4.69) is 6.92 Å². The standard InChI is InChI=1S/C13H22O3/c1-3-10(2)12(14)11-4-6-16-13(8-11)5-7-15-9-13/h10-11H,3-9H2,1-2H3. The molecule has 2 heterocycles. The van der Waals surface area contributed by atoms with Crippen molar-refractivity contribution >= 4 is 5.78 Å². The molecule has 1 spiro atoms. The summed E-state index contributed by atoms with van der Waals surface area (Å²) in [5.41, 5.74) is -0.133. The van der Waals surface area contributed by atoms with Crippen LogP contribution in [0.4, 0.5) is 0 Å². The van der Waals surface area contributed by atoms with Crippen LogP contribution in [-0.4, -0.2) is 31.2 Å². The molecule has 0 bridgehead atoms. The van der Waals surface area contributed by atoms with E-state index in [4.69, 9.17) is 9.47 Å². The predicted molar refractivity (Wildman–Crippen MR) is 61.3 cm³/mol. The van der Waals surface area contributed by atoms with Gasteiger partial charge in [-0.15, -0.1) is 0 Å². The maximum Gasteiger partial charge on any atom is 0.138 e. The highest BCUT2D eigenvalue weighted by Gasteiger charge is 2.43. The number of rotatable bonds is 3. The fourth-order valence-corrected chi connectivity index (χ4v) is 2.74. The number of carbonyl (C=O) groups excluding carboxylic acids is 1. The summed E-state index contributed by atoms with van der Waals surface area (Å²) in [6, 6.07) is 0. The average Bonchev–Trinajstić information content (AvgIpc) is 2.75. The SMILES string of the molecule is CCC(C)C(=O)C1CCOC2(CCOC2)C1. The van der Waals surface area contributed by atoms with Gasteiger partial charge in [-0.05, 0) is 19.3 Å². The van der Waals surface area contributed by atoms with Crippen molar-refractivity contribution in [3.63, 3.8) is 0 Å². The Hall–Kier alpha value is -0.410. The Morgan fingerprint density at radius 1 is 1.50 bits per heavy atom. The van der Waals surface area contributed by atoms with Gasteiger partial charge in [-0.2, -0.15) is 0 Å². The van der Waals surface area contributed by atoms with Crippen LogP contribution in [0.1, 0.15) is 39.5 Å². The van der Waals surface area contributed by atoms with Gasteiger partial charge in [-0.3, -0.25) is 4.79 Å². The number of hydrogen-bond donors (Lipinski definition) is 0. The predicted octanol–water partition coefficient (Wildman–Crippen LogP) is 2.19. The molecule has 0 aromatic carbocycles. The van der Waals surface area contributed by atoms with Crippen LogP contribution in [0, 0.1) is 11.8 Å². The van der Waals surface area contributed by atoms with Gasteiger partial charge in [-0.25, -0.2) is 0 Å². The van der Waals surface area contributed by atoms with E-state index in [1.54, 1.807) is 0 Å². The molecule has 0 N–H and O–H groups in total. The van der Waals surface area contributed by atoms with E-state index < -0.39 is 0 Å². The van der Waals surface area contributed by atoms with Crippen LogP contribution < -0.4 is 0 Å². The molecule has 0 aliphatic carbocycles. The second kappa shape index (κ2) is 4.84. The monoisotopic (exact) mass is 226 g/mol. The summed E-state index contributed by atoms with van der Waals surface area (Å²) in [7, 11) is 0. The summed E-state index contributed by atoms with van der Waals surface area (Å²) < 4.78 is 11.3. The van der Waals surface area contributed by atoms with Crippen molar-refractivity contribution in [1.82, 2.24) is 0 Å². The fourth-order valence-electron chi connectivity index (χ4n) is 2.74. The van der Waals surface area contributed by atoms with Crippen LogP contribution in [-0.2, 0) is 14.3 Å². The smallest absolute Gasteiger partial charge is 0.138 e. The van der Waals surface area contributed by atoms with Gasteiger partial charge >= 0.3 is 0 Å². The molecule has 2 saturated heterocycles. The van der Waals surface area contributed by atoms with Crippen molar-refractivity contribution in [2.75, 3.05) is 19.8 Å². The Balaban J connectivity index is 1.98. The van der Waals surface area contributed by atoms with Gasteiger partial charge in [-0.1, -0.05) is 13.8 Å². The molecule has 2 aliphatic rings. The van der Waals surface area contributed by atoms with Gasteiger partial charge in [0.25, 0.3) is 0 Å². The van der Waals surface area contributed by atoms with Crippen molar-refractivity contribution < 1.29 is 14.3 Å². The van der Waals surface area contributed by atoms with Crippen molar-refractivity contribution in [3.8, 4) is 0 Å². The molecular formula is C13H22O3. The van der Waals surface area contributed by atoms with Gasteiger partial charge in [0.15, 0.2) is 0 Å². The van der Waals surface area contributed by atoms with E-state index in [0.717, 1.165) is 38.9 Å². The summed E-state index contributed by atoms with van der Waals surface area (Å²) >= 11 is 0. The molecule has 0 saturated carbocycles. The topological polar surface area (TPSA) is 35.5 Å². The van der Waals surface area contributed by atoms with E-state index in [1.165, 1.54) is 0 Å². The maximum absolute atomic E-state index is 12.2. The molecule has 2 rings (SSSR count). The van der Waals surface area contributed by atoms with Gasteiger partial charge in [0.05, 0.1) is 12.2 Å². The maximum atomic E-state index is 12.2. The third-order valence-electron chi connectivity index (χ3n) is 4.06. The molecule has 16 heavy (non-hydrogen) atoms. The van der Waals surface area contributed by atoms with E-state index in [0.29, 0.717) is 12.4 Å². The zero-order valence-electron chi connectivity index (χ0n) is 10.3. The Labute approximate surface area is 97.5 Å². The molecule has 0 aromatic rings. The van der Waals surface area contributed by atoms with E-state index >= 15 is 0 Å². The van der Waals surface area contributed by atoms with Crippen LogP contribution >= 0.6 is 0 Å². The van der Waals surface area contributed by atoms with Crippen molar-refractivity contribution in [2.45, 2.75) is 45.1 Å². The summed E-state index contributed by atoms with van der Waals surface area (Å²) in [6.07, 6.45) is 3.66. The Morgan fingerprint density at radius 2 is 2.31 bits per heavy atom. The van der Waals surface area contributed by atoms with Gasteiger partial charge in [0.1, 0.15) is 5.78 Å². The first-order valence-corrected chi connectivity index (χ1v) is 6.42. The zero-order valence-corrected chi connectivity index (χ0v) is 10.3. The number of ether oxygens (including phenoxy) is 2. The average molecular weight is 226 g/mol. The summed E-state index contributed by atoms with van der Waals surface area (Å²) in [5, 5.41) is 0. The molecule has 3 nitrogen and oxygen atoms in total. The van der Waals surface area contributed by atoms with Crippen molar-refractivity contribution in [3.05, 3.63) is 0 Å². The van der Waals surface area contributed by atoms with Crippen LogP contribution in [0.25, 0.3) is 0 Å². The van der Waals surface area contributed by atoms with Crippen LogP contribution in [0.5, 0.6) is 0 Å². The number of hydrogen-bond acceptors (Lipinski definition) is 3. The first-order valence-electron chi connectivity index (χ1n) is 6.42. The number of carbonyl (C=O) groups is 1. The number of Topliss-reactive ketones (excluding diaryl/α,β-unsaturated/α-hetero) is 1. The van der Waals surface area contributed by atoms with Crippen molar-refractivity contribution in [1.29, 1.82) is 0 Å². The van der Waals surface area contributed by atoms with Crippen molar-refractivity contribution in [2.24, 2.45) is 11.8 Å². The minimum Gasteiger partial charge on any atom is -0.378 e. The first kappa shape index (κ1) is 12.1. The molecule has 0 radical (unpaired) electrons. The Bertz CT molecular complexity index is 256. The van der Waals surface area contributed by atoms with Gasteiger partial charge in [0, 0.05) is 31.5 Å². The minimum absolute atomic E-state index is 0.133. The first-order chi connectivity index (χ1) is 7.67. The minimum atomic E-state index is -0.133. The van der Waals surface area contributed by atoms with Crippen LogP contribution in [0.3, 0.4) is 0 Å². The molecule has 0 aromatic heterocycles. The third kappa shape index (κ3) is 2.30. The van der Waals surface area contributed by atoms with E-state index in [-0.39, 0.29) is 17.4 Å². The lowest BCUT2D eigenvalue weighted by atomic mass is 9.79. The molecule has 0 amide bonds. The van der Waals surface area contributed by atoms with Crippen LogP contribution in [0.2, 0.25) is 0 Å². The zero-order chi connectivity index (χ0) is 11.6. The van der Waals surface area contributed by atoms with Gasteiger partial charge in [0.2, 0.25) is 0 Å². The van der Waals surface area contributed by atoms with Crippen LogP contribution in [0.15, 0.2) is 0 Å². The fraction of sp³-hybridized carbons (Fsp3) is 0.923. The lowest BCUT2D eigenvalue weighted by molar-refractivity contribution is -0.140. The van der Waals surface area contributed by atoms with Gasteiger partial charge < -0.3 is 9.47 Å². The lowest BCUT2D eigenvalue weighted by Crippen LogP contribution is -2.43. The number of ketones is 1. The highest BCUT2D eigenvalue weighted by atomic mass is 16.6. The summed E-state index contributed by atoms with van der Waals surface area (Å²) in [4.78, 5) is 12.2. The lowest BCUT2D eigenvalue weighted by Gasteiger charge is -2.37. The highest BCUT2D eigenvalue weighted by Crippen LogP contribution is 2.37. The highest BCUT2D eigenvalue weighted by molar-refractivity contribution is 5.83. The molecular weight excluding hydrogens is 204 g/mol. The van der Waals surface area contributed by atoms with E-state index in [9.17, 15) is 4.79 Å². The van der Waals surface area contributed by atoms with E-state index in [1.807, 2.05) is 6.92 Å². The molecule has 3 atom stereocenters. The largest absolute Gasteiger partial charge is 0.378 e. The second-order valence-electron chi connectivity index (χ2n) is 5.24. The quantitative estimate of drug-likeness (QED) is 0.740. The molecule has 3 unspecified atom stereocenters. The molecule has 2 fully saturated rings. The summed E-state index contributed by atoms with van der Waals surface area (Å²) in [6.45, 7) is 6.30. The molecule has 2 aliphatic heterocycles. The molecule has 3 heteroatoms. The Morgan fingerprint density at radius 3 is 2.94 bits per heavy atom. The summed E-state index contributed by atoms with van der Waals surface area (Å²) in [5.74, 6) is 0.824. The second-order valence-corrected chi connectivity index (χ2v) is 5.24. The Kier molecular flexibility index (Phi) is 3.65. The normalized spacial score (nSPS) is 36.5. The third-order valence-corrected chi connectivity index (χ3v) is 4.06.